The van der Waals surface area contributed by atoms with Crippen LogP contribution in [0.5, 0.6) is 0 Å². The van der Waals surface area contributed by atoms with E-state index in [0.717, 1.165) is 30.4 Å². The Morgan fingerprint density at radius 1 is 0.600 bits per heavy atom. The SMILES string of the molecule is O=S1CCC(NC2CCCCCCCCCCC2)CC1. The molecule has 1 saturated heterocycles. The largest absolute Gasteiger partial charge is 0.311 e. The number of hydrogen-bond donors (Lipinski definition) is 1. The van der Waals surface area contributed by atoms with E-state index < -0.39 is 10.8 Å². The molecule has 118 valence electrons. The maximum Gasteiger partial charge on any atom is 0.0249 e. The first-order chi connectivity index (χ1) is 9.84. The molecule has 0 amide bonds. The summed E-state index contributed by atoms with van der Waals surface area (Å²) in [5, 5.41) is 3.90. The molecule has 2 rings (SSSR count). The Bertz CT molecular complexity index is 260. The summed E-state index contributed by atoms with van der Waals surface area (Å²) in [5.41, 5.74) is 0. The zero-order valence-electron chi connectivity index (χ0n) is 13.1. The highest BCUT2D eigenvalue weighted by molar-refractivity contribution is 7.85. The van der Waals surface area contributed by atoms with Gasteiger partial charge in [-0.1, -0.05) is 57.8 Å². The third kappa shape index (κ3) is 6.71. The minimum atomic E-state index is -0.523. The van der Waals surface area contributed by atoms with E-state index in [-0.39, 0.29) is 0 Å². The Kier molecular flexibility index (Phi) is 8.19. The van der Waals surface area contributed by atoms with E-state index >= 15 is 0 Å². The molecule has 0 bridgehead atoms. The number of hydrogen-bond acceptors (Lipinski definition) is 2. The zero-order chi connectivity index (χ0) is 14.0. The molecule has 0 spiro atoms. The second-order valence-electron chi connectivity index (χ2n) is 6.75. The van der Waals surface area contributed by atoms with Gasteiger partial charge in [-0.3, -0.25) is 4.21 Å². The standard InChI is InChI=1S/C17H33NOS/c19-20-14-12-17(13-15-20)18-16-10-8-6-4-2-1-3-5-7-9-11-16/h16-18H,1-15H2. The van der Waals surface area contributed by atoms with Crippen molar-refractivity contribution in [1.29, 1.82) is 0 Å². The van der Waals surface area contributed by atoms with Crippen LogP contribution in [0.25, 0.3) is 0 Å². The molecule has 1 heterocycles. The van der Waals surface area contributed by atoms with E-state index in [4.69, 9.17) is 0 Å². The van der Waals surface area contributed by atoms with E-state index in [0.29, 0.717) is 6.04 Å². The minimum Gasteiger partial charge on any atom is -0.311 e. The van der Waals surface area contributed by atoms with Crippen LogP contribution in [0.4, 0.5) is 0 Å². The van der Waals surface area contributed by atoms with Gasteiger partial charge in [0.1, 0.15) is 0 Å². The molecule has 2 fully saturated rings. The maximum atomic E-state index is 11.4. The Balaban J connectivity index is 1.72. The highest BCUT2D eigenvalue weighted by Crippen LogP contribution is 2.19. The fraction of sp³-hybridized carbons (Fsp3) is 1.00. The predicted molar refractivity (Wildman–Crippen MR) is 88.6 cm³/mol. The summed E-state index contributed by atoms with van der Waals surface area (Å²) in [7, 11) is -0.523. The summed E-state index contributed by atoms with van der Waals surface area (Å²) in [6, 6.07) is 1.37. The zero-order valence-corrected chi connectivity index (χ0v) is 13.9. The fourth-order valence-electron chi connectivity index (χ4n) is 3.62. The average Bonchev–Trinajstić information content (AvgIpc) is 2.44. The average molecular weight is 300 g/mol. The highest BCUT2D eigenvalue weighted by Gasteiger charge is 2.20. The molecule has 2 nitrogen and oxygen atoms in total. The van der Waals surface area contributed by atoms with E-state index in [1.165, 1.54) is 70.6 Å². The van der Waals surface area contributed by atoms with Gasteiger partial charge in [-0.15, -0.1) is 0 Å². The van der Waals surface area contributed by atoms with Crippen molar-refractivity contribution >= 4 is 10.8 Å². The van der Waals surface area contributed by atoms with E-state index in [1.807, 2.05) is 0 Å². The van der Waals surface area contributed by atoms with E-state index in [9.17, 15) is 4.21 Å². The molecule has 1 aliphatic carbocycles. The molecule has 1 aliphatic heterocycles. The molecule has 0 unspecified atom stereocenters. The van der Waals surface area contributed by atoms with Gasteiger partial charge in [-0.05, 0) is 25.7 Å². The molecule has 0 radical (unpaired) electrons. The summed E-state index contributed by atoms with van der Waals surface area (Å²) in [5.74, 6) is 1.84. The smallest absolute Gasteiger partial charge is 0.0249 e. The minimum absolute atomic E-state index is 0.523. The van der Waals surface area contributed by atoms with Crippen molar-refractivity contribution in [3.63, 3.8) is 0 Å². The molecular formula is C17H33NOS. The van der Waals surface area contributed by atoms with Crippen molar-refractivity contribution in [2.75, 3.05) is 11.5 Å². The van der Waals surface area contributed by atoms with Gasteiger partial charge in [0.15, 0.2) is 0 Å². The van der Waals surface area contributed by atoms with Gasteiger partial charge in [0.2, 0.25) is 0 Å². The predicted octanol–water partition coefficient (Wildman–Crippen LogP) is 4.16. The molecule has 0 aromatic heterocycles. The van der Waals surface area contributed by atoms with Crippen molar-refractivity contribution in [2.24, 2.45) is 0 Å². The molecule has 0 aromatic carbocycles. The van der Waals surface area contributed by atoms with Crippen molar-refractivity contribution < 1.29 is 4.21 Å². The van der Waals surface area contributed by atoms with Crippen LogP contribution in [0, 0.1) is 0 Å². The Labute approximate surface area is 127 Å². The number of nitrogens with one attached hydrogen (secondary N) is 1. The Morgan fingerprint density at radius 3 is 1.50 bits per heavy atom. The summed E-state index contributed by atoms with van der Waals surface area (Å²) in [4.78, 5) is 0. The van der Waals surface area contributed by atoms with Crippen LogP contribution < -0.4 is 5.32 Å². The van der Waals surface area contributed by atoms with Gasteiger partial charge in [-0.25, -0.2) is 0 Å². The quantitative estimate of drug-likeness (QED) is 0.829. The van der Waals surface area contributed by atoms with E-state index in [2.05, 4.69) is 5.32 Å². The van der Waals surface area contributed by atoms with E-state index in [1.54, 1.807) is 0 Å². The molecule has 0 atom stereocenters. The van der Waals surface area contributed by atoms with Gasteiger partial charge in [0.25, 0.3) is 0 Å². The number of rotatable bonds is 2. The summed E-state index contributed by atoms with van der Waals surface area (Å²) < 4.78 is 11.4. The van der Waals surface area contributed by atoms with Crippen molar-refractivity contribution in [1.82, 2.24) is 5.32 Å². The maximum absolute atomic E-state index is 11.4. The van der Waals surface area contributed by atoms with Gasteiger partial charge in [0, 0.05) is 34.4 Å². The van der Waals surface area contributed by atoms with Crippen LogP contribution in [0.2, 0.25) is 0 Å². The first kappa shape index (κ1) is 16.5. The van der Waals surface area contributed by atoms with Crippen molar-refractivity contribution in [2.45, 2.75) is 95.6 Å². The lowest BCUT2D eigenvalue weighted by atomic mass is 9.97. The monoisotopic (exact) mass is 299 g/mol. The summed E-state index contributed by atoms with van der Waals surface area (Å²) in [6.45, 7) is 0. The third-order valence-corrected chi connectivity index (χ3v) is 6.35. The summed E-state index contributed by atoms with van der Waals surface area (Å²) >= 11 is 0. The van der Waals surface area contributed by atoms with Crippen molar-refractivity contribution in [3.8, 4) is 0 Å². The van der Waals surface area contributed by atoms with Crippen LogP contribution in [0.15, 0.2) is 0 Å². The normalized spacial score (nSPS) is 32.2. The fourth-order valence-corrected chi connectivity index (χ4v) is 4.92. The van der Waals surface area contributed by atoms with Gasteiger partial charge in [0.05, 0.1) is 0 Å². The molecular weight excluding hydrogens is 266 g/mol. The van der Waals surface area contributed by atoms with Crippen molar-refractivity contribution in [3.05, 3.63) is 0 Å². The van der Waals surface area contributed by atoms with Gasteiger partial charge in [-0.2, -0.15) is 0 Å². The van der Waals surface area contributed by atoms with Gasteiger partial charge < -0.3 is 5.32 Å². The van der Waals surface area contributed by atoms with Crippen LogP contribution in [0.1, 0.15) is 83.5 Å². The topological polar surface area (TPSA) is 29.1 Å². The Morgan fingerprint density at radius 2 is 1.00 bits per heavy atom. The Hall–Kier alpha value is 0.110. The molecule has 1 N–H and O–H groups in total. The third-order valence-electron chi connectivity index (χ3n) is 4.96. The first-order valence-electron chi connectivity index (χ1n) is 8.95. The van der Waals surface area contributed by atoms with Crippen LogP contribution in [-0.4, -0.2) is 27.8 Å². The first-order valence-corrected chi connectivity index (χ1v) is 10.4. The lowest BCUT2D eigenvalue weighted by molar-refractivity contribution is 0.349. The molecule has 20 heavy (non-hydrogen) atoms. The van der Waals surface area contributed by atoms with Crippen LogP contribution >= 0.6 is 0 Å². The van der Waals surface area contributed by atoms with Crippen LogP contribution in [0.3, 0.4) is 0 Å². The lowest BCUT2D eigenvalue weighted by Crippen LogP contribution is -2.42. The molecule has 1 saturated carbocycles. The molecule has 0 aromatic rings. The second-order valence-corrected chi connectivity index (χ2v) is 8.44. The lowest BCUT2D eigenvalue weighted by Gasteiger charge is -2.28. The highest BCUT2D eigenvalue weighted by atomic mass is 32.2. The van der Waals surface area contributed by atoms with Crippen LogP contribution in [-0.2, 0) is 10.8 Å². The molecule has 3 heteroatoms. The van der Waals surface area contributed by atoms with Gasteiger partial charge >= 0.3 is 0 Å². The summed E-state index contributed by atoms with van der Waals surface area (Å²) in [6.07, 6.45) is 17.9. The second kappa shape index (κ2) is 9.94. The molecule has 2 aliphatic rings.